The molecular weight excluding hydrogens is 330 g/mol. The smallest absolute Gasteiger partial charge is 0.213 e. The van der Waals surface area contributed by atoms with Crippen LogP contribution in [-0.4, -0.2) is 17.2 Å². The Labute approximate surface area is 125 Å². The number of pyridine rings is 1. The fraction of sp³-hybridized carbons (Fsp3) is 0.214. The Kier molecular flexibility index (Phi) is 4.80. The first-order valence-electron chi connectivity index (χ1n) is 5.73. The highest BCUT2D eigenvalue weighted by atomic mass is 79.9. The van der Waals surface area contributed by atoms with Crippen molar-refractivity contribution in [1.29, 1.82) is 0 Å². The first-order valence-corrected chi connectivity index (χ1v) is 6.90. The van der Waals surface area contributed by atoms with Crippen molar-refractivity contribution in [1.82, 2.24) is 4.98 Å². The molecule has 19 heavy (non-hydrogen) atoms. The molecule has 0 amide bonds. The molecule has 0 fully saturated rings. The molecule has 0 saturated heterocycles. The van der Waals surface area contributed by atoms with Crippen molar-refractivity contribution in [3.8, 4) is 5.88 Å². The lowest BCUT2D eigenvalue weighted by Gasteiger charge is -2.12. The van der Waals surface area contributed by atoms with Gasteiger partial charge in [0.2, 0.25) is 5.88 Å². The Hall–Kier alpha value is -1.10. The van der Waals surface area contributed by atoms with Crippen molar-refractivity contribution in [3.05, 3.63) is 57.2 Å². The lowest BCUT2D eigenvalue weighted by atomic mass is 10.1. The maximum Gasteiger partial charge on any atom is 0.213 e. The molecule has 0 bridgehead atoms. The van der Waals surface area contributed by atoms with Crippen LogP contribution in [0.5, 0.6) is 5.88 Å². The average Bonchev–Trinajstić information content (AvgIpc) is 2.42. The van der Waals surface area contributed by atoms with Gasteiger partial charge in [-0.05, 0) is 23.8 Å². The number of aliphatic hydroxyl groups is 1. The Balaban J connectivity index is 2.17. The molecular formula is C14H13BrClNO2. The summed E-state index contributed by atoms with van der Waals surface area (Å²) in [6, 6.07) is 10.9. The minimum Gasteiger partial charge on any atom is -0.481 e. The molecule has 0 aliphatic rings. The van der Waals surface area contributed by atoms with Crippen LogP contribution in [0.4, 0.5) is 0 Å². The Bertz CT molecular complexity index is 577. The van der Waals surface area contributed by atoms with Crippen LogP contribution in [-0.2, 0) is 6.42 Å². The summed E-state index contributed by atoms with van der Waals surface area (Å²) in [6.07, 6.45) is -0.305. The first kappa shape index (κ1) is 14.3. The Morgan fingerprint density at radius 2 is 2.16 bits per heavy atom. The van der Waals surface area contributed by atoms with Gasteiger partial charge in [-0.1, -0.05) is 39.7 Å². The number of rotatable bonds is 4. The number of aromatic nitrogens is 1. The largest absolute Gasteiger partial charge is 0.481 e. The van der Waals surface area contributed by atoms with Crippen LogP contribution in [0.15, 0.2) is 40.9 Å². The predicted octanol–water partition coefficient (Wildman–Crippen LogP) is 3.78. The summed E-state index contributed by atoms with van der Waals surface area (Å²) in [4.78, 5) is 4.21. The molecule has 100 valence electrons. The van der Waals surface area contributed by atoms with E-state index in [1.165, 1.54) is 0 Å². The number of benzene rings is 1. The maximum atomic E-state index is 10.2. The van der Waals surface area contributed by atoms with E-state index in [4.69, 9.17) is 16.3 Å². The summed E-state index contributed by atoms with van der Waals surface area (Å²) in [5.74, 6) is 0.485. The molecule has 0 radical (unpaired) electrons. The van der Waals surface area contributed by atoms with Crippen molar-refractivity contribution < 1.29 is 9.84 Å². The summed E-state index contributed by atoms with van der Waals surface area (Å²) < 4.78 is 5.95. The van der Waals surface area contributed by atoms with E-state index < -0.39 is 6.10 Å². The normalized spacial score (nSPS) is 12.2. The molecule has 1 heterocycles. The number of methoxy groups -OCH3 is 1. The van der Waals surface area contributed by atoms with Gasteiger partial charge in [0, 0.05) is 22.0 Å². The SMILES string of the molecule is COc1cccc(C(O)Cc2ccc(Br)cc2Cl)n1. The lowest BCUT2D eigenvalue weighted by Crippen LogP contribution is -2.05. The molecule has 3 nitrogen and oxygen atoms in total. The zero-order chi connectivity index (χ0) is 13.8. The zero-order valence-electron chi connectivity index (χ0n) is 10.3. The van der Waals surface area contributed by atoms with E-state index in [1.807, 2.05) is 18.2 Å². The molecule has 1 aromatic carbocycles. The molecule has 1 unspecified atom stereocenters. The molecule has 2 aromatic rings. The average molecular weight is 343 g/mol. The molecule has 0 aliphatic heterocycles. The molecule has 2 rings (SSSR count). The minimum atomic E-state index is -0.714. The van der Waals surface area contributed by atoms with Crippen LogP contribution in [0.2, 0.25) is 5.02 Å². The van der Waals surface area contributed by atoms with Gasteiger partial charge < -0.3 is 9.84 Å². The Morgan fingerprint density at radius 3 is 2.84 bits per heavy atom. The van der Waals surface area contributed by atoms with E-state index in [9.17, 15) is 5.11 Å². The number of hydrogen-bond acceptors (Lipinski definition) is 3. The van der Waals surface area contributed by atoms with Gasteiger partial charge in [-0.15, -0.1) is 0 Å². The van der Waals surface area contributed by atoms with Crippen molar-refractivity contribution in [2.24, 2.45) is 0 Å². The third-order valence-electron chi connectivity index (χ3n) is 2.72. The second-order valence-corrected chi connectivity index (χ2v) is 5.38. The van der Waals surface area contributed by atoms with Crippen molar-refractivity contribution in [2.75, 3.05) is 7.11 Å². The van der Waals surface area contributed by atoms with Crippen molar-refractivity contribution in [3.63, 3.8) is 0 Å². The second-order valence-electron chi connectivity index (χ2n) is 4.06. The van der Waals surface area contributed by atoms with Crippen LogP contribution in [0.1, 0.15) is 17.4 Å². The summed E-state index contributed by atoms with van der Waals surface area (Å²) in [6.45, 7) is 0. The van der Waals surface area contributed by atoms with Crippen LogP contribution < -0.4 is 4.74 Å². The van der Waals surface area contributed by atoms with Gasteiger partial charge in [0.25, 0.3) is 0 Å². The molecule has 5 heteroatoms. The summed E-state index contributed by atoms with van der Waals surface area (Å²) in [7, 11) is 1.55. The fourth-order valence-corrected chi connectivity index (χ4v) is 2.48. The molecule has 1 atom stereocenters. The first-order chi connectivity index (χ1) is 9.10. The highest BCUT2D eigenvalue weighted by Gasteiger charge is 2.13. The molecule has 0 saturated carbocycles. The van der Waals surface area contributed by atoms with E-state index in [0.717, 1.165) is 10.0 Å². The molecule has 0 aliphatic carbocycles. The monoisotopic (exact) mass is 341 g/mol. The number of aliphatic hydroxyl groups excluding tert-OH is 1. The van der Waals surface area contributed by atoms with Gasteiger partial charge in [-0.2, -0.15) is 0 Å². The van der Waals surface area contributed by atoms with Gasteiger partial charge in [0.15, 0.2) is 0 Å². The highest BCUT2D eigenvalue weighted by Crippen LogP contribution is 2.26. The Morgan fingerprint density at radius 1 is 1.37 bits per heavy atom. The van der Waals surface area contributed by atoms with Gasteiger partial charge in [0.1, 0.15) is 6.10 Å². The van der Waals surface area contributed by atoms with Gasteiger partial charge in [0.05, 0.1) is 12.8 Å². The molecule has 1 N–H and O–H groups in total. The maximum absolute atomic E-state index is 10.2. The zero-order valence-corrected chi connectivity index (χ0v) is 12.6. The topological polar surface area (TPSA) is 42.4 Å². The highest BCUT2D eigenvalue weighted by molar-refractivity contribution is 9.10. The minimum absolute atomic E-state index is 0.409. The van der Waals surface area contributed by atoms with E-state index in [1.54, 1.807) is 25.3 Å². The van der Waals surface area contributed by atoms with Gasteiger partial charge >= 0.3 is 0 Å². The standard InChI is InChI=1S/C14H13BrClNO2/c1-19-14-4-2-3-12(17-14)13(18)7-9-5-6-10(15)8-11(9)16/h2-6,8,13,18H,7H2,1H3. The van der Waals surface area contributed by atoms with Crippen molar-refractivity contribution >= 4 is 27.5 Å². The van der Waals surface area contributed by atoms with Crippen LogP contribution in [0, 0.1) is 0 Å². The lowest BCUT2D eigenvalue weighted by molar-refractivity contribution is 0.172. The predicted molar refractivity (Wildman–Crippen MR) is 78.6 cm³/mol. The molecule has 1 aromatic heterocycles. The fourth-order valence-electron chi connectivity index (χ4n) is 1.73. The van der Waals surface area contributed by atoms with Crippen molar-refractivity contribution in [2.45, 2.75) is 12.5 Å². The summed E-state index contributed by atoms with van der Waals surface area (Å²) in [5.41, 5.74) is 1.44. The number of nitrogens with zero attached hydrogens (tertiary/aromatic N) is 1. The number of halogens is 2. The quantitative estimate of drug-likeness (QED) is 0.919. The van der Waals surface area contributed by atoms with Crippen LogP contribution in [0.3, 0.4) is 0 Å². The van der Waals surface area contributed by atoms with Crippen LogP contribution in [0.25, 0.3) is 0 Å². The van der Waals surface area contributed by atoms with E-state index in [-0.39, 0.29) is 0 Å². The van der Waals surface area contributed by atoms with E-state index in [0.29, 0.717) is 23.0 Å². The second kappa shape index (κ2) is 6.37. The summed E-state index contributed by atoms with van der Waals surface area (Å²) in [5, 5.41) is 10.8. The third kappa shape index (κ3) is 3.69. The number of hydrogen-bond donors (Lipinski definition) is 1. The number of ether oxygens (including phenoxy) is 1. The summed E-state index contributed by atoms with van der Waals surface area (Å²) >= 11 is 9.48. The van der Waals surface area contributed by atoms with E-state index >= 15 is 0 Å². The van der Waals surface area contributed by atoms with Gasteiger partial charge in [-0.3, -0.25) is 0 Å². The molecule has 0 spiro atoms. The van der Waals surface area contributed by atoms with E-state index in [2.05, 4.69) is 20.9 Å². The van der Waals surface area contributed by atoms with Crippen LogP contribution >= 0.6 is 27.5 Å². The third-order valence-corrected chi connectivity index (χ3v) is 3.57. The van der Waals surface area contributed by atoms with Gasteiger partial charge in [-0.25, -0.2) is 4.98 Å².